The Morgan fingerprint density at radius 3 is 2.41 bits per heavy atom. The van der Waals surface area contributed by atoms with Gasteiger partial charge in [0.15, 0.2) is 0 Å². The Labute approximate surface area is 160 Å². The van der Waals surface area contributed by atoms with Crippen molar-refractivity contribution in [3.05, 3.63) is 42.0 Å². The summed E-state index contributed by atoms with van der Waals surface area (Å²) in [6, 6.07) is 7.87. The van der Waals surface area contributed by atoms with E-state index >= 15 is 0 Å². The van der Waals surface area contributed by atoms with Crippen molar-refractivity contribution >= 4 is 5.91 Å². The van der Waals surface area contributed by atoms with E-state index in [9.17, 15) is 4.79 Å². The zero-order valence-corrected chi connectivity index (χ0v) is 16.0. The molecule has 0 bridgehead atoms. The molecule has 1 aromatic carbocycles. The molecule has 2 heterocycles. The Hall–Kier alpha value is -2.37. The van der Waals surface area contributed by atoms with Crippen LogP contribution in [-0.4, -0.2) is 45.8 Å². The maximum absolute atomic E-state index is 12.8. The summed E-state index contributed by atoms with van der Waals surface area (Å²) in [5.41, 5.74) is 0.722. The molecule has 1 amide bonds. The first kappa shape index (κ1) is 18.0. The zero-order chi connectivity index (χ0) is 18.6. The van der Waals surface area contributed by atoms with Gasteiger partial charge in [0, 0.05) is 24.6 Å². The second-order valence-electron chi connectivity index (χ2n) is 7.65. The molecule has 0 atom stereocenters. The number of hydrogen-bond donors (Lipinski definition) is 0. The number of nitrogens with zero attached hydrogens (tertiary/aromatic N) is 4. The number of methoxy groups -OCH3 is 1. The van der Waals surface area contributed by atoms with Crippen molar-refractivity contribution in [1.82, 2.24) is 19.7 Å². The van der Waals surface area contributed by atoms with E-state index in [1.165, 1.54) is 32.1 Å². The third kappa shape index (κ3) is 3.84. The van der Waals surface area contributed by atoms with Crippen molar-refractivity contribution < 1.29 is 9.53 Å². The predicted molar refractivity (Wildman–Crippen MR) is 103 cm³/mol. The highest BCUT2D eigenvalue weighted by Gasteiger charge is 2.29. The molecule has 6 heteroatoms. The molecule has 0 radical (unpaired) electrons. The third-order valence-electron chi connectivity index (χ3n) is 6.01. The van der Waals surface area contributed by atoms with E-state index in [0.717, 1.165) is 43.1 Å². The first-order chi connectivity index (χ1) is 13.3. The number of carbonyl (C=O) groups is 1. The molecule has 0 spiro atoms. The van der Waals surface area contributed by atoms with Crippen LogP contribution < -0.4 is 4.74 Å². The molecule has 1 saturated heterocycles. The van der Waals surface area contributed by atoms with Crippen LogP contribution in [0.1, 0.15) is 73.1 Å². The fraction of sp³-hybridized carbons (Fsp3) is 0.571. The maximum Gasteiger partial charge on any atom is 0.253 e. The van der Waals surface area contributed by atoms with Crippen LogP contribution in [0.4, 0.5) is 0 Å². The van der Waals surface area contributed by atoms with Crippen LogP contribution in [0, 0.1) is 0 Å². The Bertz CT molecular complexity index is 757. The number of aromatic nitrogens is 3. The Kier molecular flexibility index (Phi) is 5.41. The van der Waals surface area contributed by atoms with Gasteiger partial charge in [0.05, 0.1) is 13.2 Å². The van der Waals surface area contributed by atoms with Gasteiger partial charge in [0.25, 0.3) is 5.91 Å². The average molecular weight is 368 g/mol. The lowest BCUT2D eigenvalue weighted by Gasteiger charge is -2.33. The normalized spacial score (nSPS) is 19.2. The molecule has 27 heavy (non-hydrogen) atoms. The van der Waals surface area contributed by atoms with Crippen molar-refractivity contribution in [2.45, 2.75) is 56.9 Å². The molecule has 1 aromatic heterocycles. The van der Waals surface area contributed by atoms with Gasteiger partial charge >= 0.3 is 0 Å². The van der Waals surface area contributed by atoms with Crippen LogP contribution >= 0.6 is 0 Å². The van der Waals surface area contributed by atoms with Gasteiger partial charge in [-0.1, -0.05) is 19.3 Å². The van der Waals surface area contributed by atoms with Gasteiger partial charge in [-0.25, -0.2) is 9.67 Å². The van der Waals surface area contributed by atoms with Gasteiger partial charge < -0.3 is 9.64 Å². The largest absolute Gasteiger partial charge is 0.497 e. The molecule has 0 N–H and O–H groups in total. The lowest BCUT2D eigenvalue weighted by Crippen LogP contribution is -2.38. The monoisotopic (exact) mass is 368 g/mol. The fourth-order valence-corrected chi connectivity index (χ4v) is 4.42. The summed E-state index contributed by atoms with van der Waals surface area (Å²) >= 11 is 0. The van der Waals surface area contributed by atoms with Crippen molar-refractivity contribution in [1.29, 1.82) is 0 Å². The van der Waals surface area contributed by atoms with Crippen molar-refractivity contribution in [3.8, 4) is 5.75 Å². The lowest BCUT2D eigenvalue weighted by atomic mass is 9.92. The standard InChI is InChI=1S/C21H28N4O2/c1-27-19-9-7-17(8-10-19)21(26)24-13-11-16(12-14-24)20-22-15-23-25(20)18-5-3-2-4-6-18/h7-10,15-16,18H,2-6,11-14H2,1H3. The van der Waals surface area contributed by atoms with Gasteiger partial charge in [0.1, 0.15) is 17.9 Å². The molecule has 0 unspecified atom stereocenters. The van der Waals surface area contributed by atoms with E-state index in [2.05, 4.69) is 14.8 Å². The van der Waals surface area contributed by atoms with Crippen molar-refractivity contribution in [3.63, 3.8) is 0 Å². The van der Waals surface area contributed by atoms with Crippen molar-refractivity contribution in [2.75, 3.05) is 20.2 Å². The number of hydrogen-bond acceptors (Lipinski definition) is 4. The Balaban J connectivity index is 1.39. The minimum atomic E-state index is 0.102. The highest BCUT2D eigenvalue weighted by atomic mass is 16.5. The topological polar surface area (TPSA) is 60.2 Å². The maximum atomic E-state index is 12.8. The minimum Gasteiger partial charge on any atom is -0.497 e. The molecule has 1 saturated carbocycles. The summed E-state index contributed by atoms with van der Waals surface area (Å²) in [5.74, 6) is 2.39. The van der Waals surface area contributed by atoms with E-state index in [4.69, 9.17) is 4.74 Å². The molecule has 4 rings (SSSR count). The number of piperidine rings is 1. The van der Waals surface area contributed by atoms with Gasteiger partial charge in [0.2, 0.25) is 0 Å². The van der Waals surface area contributed by atoms with Crippen molar-refractivity contribution in [2.24, 2.45) is 0 Å². The minimum absolute atomic E-state index is 0.102. The molecule has 1 aliphatic heterocycles. The molecule has 144 valence electrons. The lowest BCUT2D eigenvalue weighted by molar-refractivity contribution is 0.0709. The number of ether oxygens (including phenoxy) is 1. The van der Waals surface area contributed by atoms with E-state index in [1.54, 1.807) is 13.4 Å². The summed E-state index contributed by atoms with van der Waals surface area (Å²) in [6.45, 7) is 1.54. The van der Waals surface area contributed by atoms with Crippen LogP contribution in [0.3, 0.4) is 0 Å². The van der Waals surface area contributed by atoms with E-state index in [-0.39, 0.29) is 5.91 Å². The van der Waals surface area contributed by atoms with Gasteiger partial charge in [-0.05, 0) is 49.9 Å². The van der Waals surface area contributed by atoms with Crippen LogP contribution in [0.2, 0.25) is 0 Å². The summed E-state index contributed by atoms with van der Waals surface area (Å²) in [4.78, 5) is 19.3. The van der Waals surface area contributed by atoms with E-state index < -0.39 is 0 Å². The Morgan fingerprint density at radius 2 is 1.74 bits per heavy atom. The Morgan fingerprint density at radius 1 is 1.04 bits per heavy atom. The molecule has 1 aliphatic carbocycles. The molecule has 6 nitrogen and oxygen atoms in total. The SMILES string of the molecule is COc1ccc(C(=O)N2CCC(c3ncnn3C3CCCCC3)CC2)cc1. The van der Waals surface area contributed by atoms with E-state index in [1.807, 2.05) is 29.2 Å². The second-order valence-corrected chi connectivity index (χ2v) is 7.65. The second kappa shape index (κ2) is 8.11. The number of carbonyl (C=O) groups excluding carboxylic acids is 1. The first-order valence-corrected chi connectivity index (χ1v) is 10.1. The number of benzene rings is 1. The molecular weight excluding hydrogens is 340 g/mol. The highest BCUT2D eigenvalue weighted by molar-refractivity contribution is 5.94. The van der Waals surface area contributed by atoms with Crippen LogP contribution in [-0.2, 0) is 0 Å². The molecule has 2 fully saturated rings. The molecular formula is C21H28N4O2. The summed E-state index contributed by atoms with van der Waals surface area (Å²) in [7, 11) is 1.63. The number of amides is 1. The van der Waals surface area contributed by atoms with Crippen LogP contribution in [0.25, 0.3) is 0 Å². The van der Waals surface area contributed by atoms with Gasteiger partial charge in [-0.3, -0.25) is 4.79 Å². The smallest absolute Gasteiger partial charge is 0.253 e. The van der Waals surface area contributed by atoms with Gasteiger partial charge in [-0.15, -0.1) is 0 Å². The summed E-state index contributed by atoms with van der Waals surface area (Å²) in [5, 5.41) is 4.55. The fourth-order valence-electron chi connectivity index (χ4n) is 4.42. The first-order valence-electron chi connectivity index (χ1n) is 10.1. The molecule has 2 aliphatic rings. The third-order valence-corrected chi connectivity index (χ3v) is 6.01. The zero-order valence-electron chi connectivity index (χ0n) is 16.0. The summed E-state index contributed by atoms with van der Waals surface area (Å²) in [6.07, 6.45) is 9.96. The van der Waals surface area contributed by atoms with Crippen LogP contribution in [0.15, 0.2) is 30.6 Å². The average Bonchev–Trinajstić information content (AvgIpc) is 3.24. The van der Waals surface area contributed by atoms with E-state index in [0.29, 0.717) is 12.0 Å². The van der Waals surface area contributed by atoms with Gasteiger partial charge in [-0.2, -0.15) is 5.10 Å². The summed E-state index contributed by atoms with van der Waals surface area (Å²) < 4.78 is 7.36. The number of likely N-dealkylation sites (tertiary alicyclic amines) is 1. The predicted octanol–water partition coefficient (Wildman–Crippen LogP) is 3.81. The molecule has 2 aromatic rings. The highest BCUT2D eigenvalue weighted by Crippen LogP contribution is 2.33. The van der Waals surface area contributed by atoms with Crippen LogP contribution in [0.5, 0.6) is 5.75 Å². The number of rotatable bonds is 4. The quantitative estimate of drug-likeness (QED) is 0.823.